The normalized spacial score (nSPS) is 20.1. The molecule has 20 heavy (non-hydrogen) atoms. The third-order valence-corrected chi connectivity index (χ3v) is 4.03. The molecule has 1 aliphatic rings. The summed E-state index contributed by atoms with van der Waals surface area (Å²) in [6, 6.07) is 0.766. The van der Waals surface area contributed by atoms with Crippen molar-refractivity contribution in [3.63, 3.8) is 0 Å². The molecule has 1 atom stereocenters. The number of alkyl halides is 3. The first-order valence-corrected chi connectivity index (χ1v) is 6.43. The van der Waals surface area contributed by atoms with E-state index in [0.29, 0.717) is 4.90 Å². The Bertz CT molecular complexity index is 618. The van der Waals surface area contributed by atoms with Crippen LogP contribution in [0.15, 0.2) is 27.3 Å². The molecule has 1 unspecified atom stereocenters. The summed E-state index contributed by atoms with van der Waals surface area (Å²) in [6.07, 6.45) is -5.25. The molecule has 0 aliphatic carbocycles. The zero-order valence-corrected chi connectivity index (χ0v) is 12.2. The first-order valence-electron chi connectivity index (χ1n) is 5.26. The van der Waals surface area contributed by atoms with E-state index in [0.717, 1.165) is 12.3 Å². The van der Waals surface area contributed by atoms with Crippen molar-refractivity contribution in [1.82, 2.24) is 4.98 Å². The topological polar surface area (TPSA) is 53.4 Å². The van der Waals surface area contributed by atoms with Crippen molar-refractivity contribution in [3.8, 4) is 0 Å². The Morgan fingerprint density at radius 1 is 1.50 bits per heavy atom. The number of nitrogens with zero attached hydrogens (tertiary/aromatic N) is 2. The van der Waals surface area contributed by atoms with Crippen LogP contribution in [0, 0.1) is 0 Å². The molecule has 2 heterocycles. The van der Waals surface area contributed by atoms with E-state index in [-0.39, 0.29) is 16.4 Å². The number of aromatic nitrogens is 1. The Balaban J connectivity index is 2.54. The van der Waals surface area contributed by atoms with Gasteiger partial charge in [0, 0.05) is 11.8 Å². The van der Waals surface area contributed by atoms with Gasteiger partial charge >= 0.3 is 6.18 Å². The monoisotopic (exact) mass is 370 g/mol. The average molecular weight is 372 g/mol. The van der Waals surface area contributed by atoms with Crippen molar-refractivity contribution >= 4 is 39.3 Å². The van der Waals surface area contributed by atoms with Crippen LogP contribution in [0.4, 0.5) is 19.0 Å². The lowest BCUT2D eigenvalue weighted by atomic mass is 10.2. The largest absolute Gasteiger partial charge is 0.417 e. The highest BCUT2D eigenvalue weighted by Gasteiger charge is 2.41. The lowest BCUT2D eigenvalue weighted by molar-refractivity contribution is -0.138. The number of aliphatic hydroxyl groups excluding tert-OH is 1. The van der Waals surface area contributed by atoms with Gasteiger partial charge in [0.2, 0.25) is 0 Å². The van der Waals surface area contributed by atoms with Crippen LogP contribution in [-0.2, 0) is 11.0 Å². The van der Waals surface area contributed by atoms with Gasteiger partial charge in [-0.25, -0.2) is 4.98 Å². The van der Waals surface area contributed by atoms with E-state index in [2.05, 4.69) is 20.9 Å². The molecule has 2 rings (SSSR count). The second kappa shape index (κ2) is 5.01. The molecular formula is C11H7BrClF3N2O2. The molecule has 108 valence electrons. The van der Waals surface area contributed by atoms with Gasteiger partial charge in [-0.15, -0.1) is 0 Å². The Kier molecular flexibility index (Phi) is 3.83. The quantitative estimate of drug-likeness (QED) is 0.825. The van der Waals surface area contributed by atoms with Crippen molar-refractivity contribution < 1.29 is 23.1 Å². The molecule has 0 spiro atoms. The van der Waals surface area contributed by atoms with E-state index in [1.54, 1.807) is 0 Å². The van der Waals surface area contributed by atoms with Gasteiger partial charge in [-0.05, 0) is 28.9 Å². The van der Waals surface area contributed by atoms with E-state index < -0.39 is 28.3 Å². The number of hydrogen-bond acceptors (Lipinski definition) is 3. The molecule has 1 aromatic rings. The maximum absolute atomic E-state index is 12.8. The second-order valence-corrected chi connectivity index (χ2v) is 5.22. The zero-order valence-electron chi connectivity index (χ0n) is 9.87. The minimum Gasteiger partial charge on any atom is -0.368 e. The van der Waals surface area contributed by atoms with Gasteiger partial charge in [-0.1, -0.05) is 11.6 Å². The number of halogens is 5. The Morgan fingerprint density at radius 3 is 2.55 bits per heavy atom. The standard InChI is InChI=1S/C11H7BrClF3N2O2/c1-4-7(13)10(20)18(9(4)19)8-6(12)5(2-3-17-8)11(14,15)16/h2-3,10,20H,1H3. The minimum atomic E-state index is -4.61. The predicted octanol–water partition coefficient (Wildman–Crippen LogP) is 3.04. The average Bonchev–Trinajstić information content (AvgIpc) is 2.54. The summed E-state index contributed by atoms with van der Waals surface area (Å²) in [5.74, 6) is -1.04. The van der Waals surface area contributed by atoms with E-state index in [4.69, 9.17) is 11.6 Å². The summed E-state index contributed by atoms with van der Waals surface area (Å²) < 4.78 is 38.0. The molecule has 0 aromatic carbocycles. The summed E-state index contributed by atoms with van der Waals surface area (Å²) in [5, 5.41) is 9.71. The molecular weight excluding hydrogens is 364 g/mol. The molecule has 0 bridgehead atoms. The first-order chi connectivity index (χ1) is 9.16. The van der Waals surface area contributed by atoms with Gasteiger partial charge < -0.3 is 5.11 Å². The van der Waals surface area contributed by atoms with Crippen molar-refractivity contribution in [2.45, 2.75) is 19.3 Å². The lowest BCUT2D eigenvalue weighted by Gasteiger charge is -2.22. The summed E-state index contributed by atoms with van der Waals surface area (Å²) >= 11 is 8.51. The van der Waals surface area contributed by atoms with E-state index in [1.165, 1.54) is 6.92 Å². The van der Waals surface area contributed by atoms with Crippen LogP contribution in [0.3, 0.4) is 0 Å². The smallest absolute Gasteiger partial charge is 0.368 e. The molecule has 0 radical (unpaired) electrons. The molecule has 0 fully saturated rings. The van der Waals surface area contributed by atoms with Crippen molar-refractivity contribution in [2.24, 2.45) is 0 Å². The first kappa shape index (κ1) is 15.3. The summed E-state index contributed by atoms with van der Waals surface area (Å²) in [6.45, 7) is 1.37. The maximum Gasteiger partial charge on any atom is 0.417 e. The zero-order chi connectivity index (χ0) is 15.2. The molecule has 0 saturated heterocycles. The summed E-state index contributed by atoms with van der Waals surface area (Å²) in [7, 11) is 0. The highest BCUT2D eigenvalue weighted by Crippen LogP contribution is 2.41. The number of pyridine rings is 1. The van der Waals surface area contributed by atoms with E-state index >= 15 is 0 Å². The van der Waals surface area contributed by atoms with Crippen molar-refractivity contribution in [1.29, 1.82) is 0 Å². The minimum absolute atomic E-state index is 0.0604. The predicted molar refractivity (Wildman–Crippen MR) is 69.0 cm³/mol. The fraction of sp³-hybridized carbons (Fsp3) is 0.273. The van der Waals surface area contributed by atoms with Gasteiger partial charge in [0.15, 0.2) is 12.0 Å². The van der Waals surface area contributed by atoms with Crippen LogP contribution >= 0.6 is 27.5 Å². The fourth-order valence-electron chi connectivity index (χ4n) is 1.73. The van der Waals surface area contributed by atoms with Gasteiger partial charge in [0.1, 0.15) is 0 Å². The van der Waals surface area contributed by atoms with Crippen molar-refractivity contribution in [2.75, 3.05) is 4.90 Å². The number of rotatable bonds is 1. The van der Waals surface area contributed by atoms with E-state index in [1.807, 2.05) is 0 Å². The summed E-state index contributed by atoms with van der Waals surface area (Å²) in [4.78, 5) is 16.3. The molecule has 9 heteroatoms. The molecule has 1 amide bonds. The van der Waals surface area contributed by atoms with E-state index in [9.17, 15) is 23.1 Å². The third-order valence-electron chi connectivity index (χ3n) is 2.77. The van der Waals surface area contributed by atoms with Crippen LogP contribution in [0.1, 0.15) is 12.5 Å². The van der Waals surface area contributed by atoms with Gasteiger partial charge in [-0.3, -0.25) is 9.69 Å². The summed E-state index contributed by atoms with van der Waals surface area (Å²) in [5.41, 5.74) is -0.937. The van der Waals surface area contributed by atoms with Crippen LogP contribution in [-0.4, -0.2) is 22.2 Å². The number of carbonyl (C=O) groups is 1. The third kappa shape index (κ3) is 2.32. The maximum atomic E-state index is 12.8. The Hall–Kier alpha value is -1.12. The molecule has 1 N–H and O–H groups in total. The fourth-order valence-corrected chi connectivity index (χ4v) is 2.56. The Labute approximate surface area is 125 Å². The van der Waals surface area contributed by atoms with Gasteiger partial charge in [0.25, 0.3) is 5.91 Å². The molecule has 0 saturated carbocycles. The van der Waals surface area contributed by atoms with Crippen LogP contribution in [0.25, 0.3) is 0 Å². The number of hydrogen-bond donors (Lipinski definition) is 1. The lowest BCUT2D eigenvalue weighted by Crippen LogP contribution is -2.36. The molecule has 4 nitrogen and oxygen atoms in total. The van der Waals surface area contributed by atoms with Crippen molar-refractivity contribution in [3.05, 3.63) is 32.9 Å². The van der Waals surface area contributed by atoms with Gasteiger partial charge in [-0.2, -0.15) is 13.2 Å². The molecule has 1 aliphatic heterocycles. The SMILES string of the molecule is CC1=C(Cl)C(O)N(c2nccc(C(F)(F)F)c2Br)C1=O. The van der Waals surface area contributed by atoms with Crippen LogP contribution in [0.5, 0.6) is 0 Å². The van der Waals surface area contributed by atoms with Crippen LogP contribution < -0.4 is 4.90 Å². The number of anilines is 1. The number of aliphatic hydroxyl groups is 1. The molecule has 1 aromatic heterocycles. The van der Waals surface area contributed by atoms with Crippen LogP contribution in [0.2, 0.25) is 0 Å². The highest BCUT2D eigenvalue weighted by molar-refractivity contribution is 9.10. The number of carbonyl (C=O) groups excluding carboxylic acids is 1. The Morgan fingerprint density at radius 2 is 2.10 bits per heavy atom. The highest BCUT2D eigenvalue weighted by atomic mass is 79.9. The number of amides is 1. The second-order valence-electron chi connectivity index (χ2n) is 4.02. The van der Waals surface area contributed by atoms with Gasteiger partial charge in [0.05, 0.1) is 15.1 Å².